The van der Waals surface area contributed by atoms with E-state index >= 15 is 0 Å². The van der Waals surface area contributed by atoms with Gasteiger partial charge in [0.2, 0.25) is 5.91 Å². The standard InChI is InChI=1S/C15H16F3N5O2/c1-23-12-6-10(13(15(16,17)18)21-11(12)7-20-23)14(24)22-25-8-9-4-2-3-5-19-9/h2-5,7,10,13,21H,6,8H2,1H3,(H,22,24)/t10-,13-/m0/s1. The molecule has 3 heterocycles. The van der Waals surface area contributed by atoms with Crippen LogP contribution in [0.2, 0.25) is 0 Å². The highest BCUT2D eigenvalue weighted by Gasteiger charge is 2.50. The lowest BCUT2D eigenvalue weighted by atomic mass is 9.89. The zero-order valence-corrected chi connectivity index (χ0v) is 13.2. The van der Waals surface area contributed by atoms with E-state index in [0.29, 0.717) is 11.4 Å². The van der Waals surface area contributed by atoms with Gasteiger partial charge < -0.3 is 5.32 Å². The van der Waals surface area contributed by atoms with E-state index in [0.717, 1.165) is 0 Å². The Hall–Kier alpha value is -2.62. The summed E-state index contributed by atoms with van der Waals surface area (Å²) in [5.41, 5.74) is 3.46. The molecule has 0 saturated carbocycles. The summed E-state index contributed by atoms with van der Waals surface area (Å²) < 4.78 is 41.4. The number of hydrogen-bond donors (Lipinski definition) is 2. The van der Waals surface area contributed by atoms with Crippen molar-refractivity contribution in [3.05, 3.63) is 42.0 Å². The number of nitrogens with zero attached hydrogens (tertiary/aromatic N) is 3. The van der Waals surface area contributed by atoms with Crippen molar-refractivity contribution < 1.29 is 22.8 Å². The molecule has 0 unspecified atom stereocenters. The van der Waals surface area contributed by atoms with Crippen LogP contribution < -0.4 is 10.8 Å². The van der Waals surface area contributed by atoms with E-state index in [1.165, 1.54) is 10.9 Å². The molecule has 0 aliphatic carbocycles. The maximum absolute atomic E-state index is 13.3. The van der Waals surface area contributed by atoms with Gasteiger partial charge in [0.05, 0.1) is 29.2 Å². The van der Waals surface area contributed by atoms with Gasteiger partial charge >= 0.3 is 6.18 Å². The van der Waals surface area contributed by atoms with Crippen LogP contribution in [0.1, 0.15) is 11.4 Å². The molecule has 0 saturated heterocycles. The van der Waals surface area contributed by atoms with Crippen LogP contribution >= 0.6 is 0 Å². The summed E-state index contributed by atoms with van der Waals surface area (Å²) in [5, 5.41) is 6.29. The zero-order valence-electron chi connectivity index (χ0n) is 13.2. The second-order valence-corrected chi connectivity index (χ2v) is 5.68. The van der Waals surface area contributed by atoms with Crippen LogP contribution in [0.3, 0.4) is 0 Å². The number of hydrogen-bond acceptors (Lipinski definition) is 5. The fourth-order valence-electron chi connectivity index (χ4n) is 2.71. The van der Waals surface area contributed by atoms with Gasteiger partial charge in [-0.1, -0.05) is 6.07 Å². The lowest BCUT2D eigenvalue weighted by Crippen LogP contribution is -2.52. The minimum absolute atomic E-state index is 0.0413. The van der Waals surface area contributed by atoms with Gasteiger partial charge in [-0.15, -0.1) is 0 Å². The van der Waals surface area contributed by atoms with Crippen molar-refractivity contribution in [2.75, 3.05) is 5.32 Å². The Kier molecular flexibility index (Phi) is 4.62. The summed E-state index contributed by atoms with van der Waals surface area (Å²) in [6.07, 6.45) is -1.81. The summed E-state index contributed by atoms with van der Waals surface area (Å²) in [6.45, 7) is -0.0413. The molecule has 2 aromatic rings. The molecule has 2 aromatic heterocycles. The van der Waals surface area contributed by atoms with Gasteiger partial charge in [-0.2, -0.15) is 18.3 Å². The fourth-order valence-corrected chi connectivity index (χ4v) is 2.71. The second-order valence-electron chi connectivity index (χ2n) is 5.68. The van der Waals surface area contributed by atoms with Crippen molar-refractivity contribution >= 4 is 11.6 Å². The van der Waals surface area contributed by atoms with Gasteiger partial charge in [-0.05, 0) is 12.1 Å². The number of alkyl halides is 3. The van der Waals surface area contributed by atoms with Gasteiger partial charge in [-0.3, -0.25) is 19.3 Å². The first-order chi connectivity index (χ1) is 11.9. The van der Waals surface area contributed by atoms with E-state index < -0.39 is 24.0 Å². The number of anilines is 1. The van der Waals surface area contributed by atoms with Gasteiger partial charge in [0.25, 0.3) is 0 Å². The maximum Gasteiger partial charge on any atom is 0.409 e. The molecule has 1 amide bonds. The summed E-state index contributed by atoms with van der Waals surface area (Å²) in [7, 11) is 1.61. The number of aryl methyl sites for hydroxylation is 1. The molecule has 0 bridgehead atoms. The summed E-state index contributed by atoms with van der Waals surface area (Å²) in [6, 6.07) is 3.12. The first-order valence-corrected chi connectivity index (χ1v) is 7.52. The minimum atomic E-state index is -4.59. The van der Waals surface area contributed by atoms with Crippen molar-refractivity contribution in [1.29, 1.82) is 0 Å². The summed E-state index contributed by atoms with van der Waals surface area (Å²) >= 11 is 0. The fraction of sp³-hybridized carbons (Fsp3) is 0.400. The lowest BCUT2D eigenvalue weighted by molar-refractivity contribution is -0.167. The van der Waals surface area contributed by atoms with Crippen molar-refractivity contribution in [3.8, 4) is 0 Å². The van der Waals surface area contributed by atoms with Crippen LogP contribution in [-0.4, -0.2) is 32.9 Å². The van der Waals surface area contributed by atoms with E-state index in [2.05, 4.69) is 20.9 Å². The molecule has 7 nitrogen and oxygen atoms in total. The predicted octanol–water partition coefficient (Wildman–Crippen LogP) is 1.58. The molecule has 0 aromatic carbocycles. The Morgan fingerprint density at radius 1 is 1.48 bits per heavy atom. The SMILES string of the molecule is Cn1ncc2c1C[C@H](C(=O)NOCc1ccccn1)[C@@H](C(F)(F)F)N2. The van der Waals surface area contributed by atoms with E-state index in [1.807, 2.05) is 0 Å². The van der Waals surface area contributed by atoms with Crippen LogP contribution in [0, 0.1) is 5.92 Å². The molecule has 10 heteroatoms. The van der Waals surface area contributed by atoms with Gasteiger partial charge in [-0.25, -0.2) is 5.48 Å². The van der Waals surface area contributed by atoms with Crippen LogP contribution in [-0.2, 0) is 29.7 Å². The van der Waals surface area contributed by atoms with Crippen molar-refractivity contribution in [3.63, 3.8) is 0 Å². The Morgan fingerprint density at radius 3 is 2.96 bits per heavy atom. The van der Waals surface area contributed by atoms with E-state index in [4.69, 9.17) is 4.84 Å². The van der Waals surface area contributed by atoms with Gasteiger partial charge in [0.1, 0.15) is 12.6 Å². The monoisotopic (exact) mass is 355 g/mol. The van der Waals surface area contributed by atoms with E-state index in [9.17, 15) is 18.0 Å². The highest BCUT2D eigenvalue weighted by Crippen LogP contribution is 2.36. The number of rotatable bonds is 4. The summed E-state index contributed by atoms with van der Waals surface area (Å²) in [4.78, 5) is 21.3. The molecular weight excluding hydrogens is 339 g/mol. The number of pyridine rings is 1. The highest BCUT2D eigenvalue weighted by atomic mass is 19.4. The quantitative estimate of drug-likeness (QED) is 0.814. The number of nitrogens with one attached hydrogen (secondary N) is 2. The third-order valence-electron chi connectivity index (χ3n) is 4.00. The van der Waals surface area contributed by atoms with Gasteiger partial charge in [0.15, 0.2) is 0 Å². The molecule has 2 atom stereocenters. The maximum atomic E-state index is 13.3. The van der Waals surface area contributed by atoms with Gasteiger partial charge in [0, 0.05) is 19.7 Å². The minimum Gasteiger partial charge on any atom is -0.371 e. The topological polar surface area (TPSA) is 81.1 Å². The number of amides is 1. The Labute approximate surface area is 141 Å². The number of carbonyl (C=O) groups excluding carboxylic acids is 1. The molecule has 0 fully saturated rings. The number of hydroxylamine groups is 1. The molecule has 25 heavy (non-hydrogen) atoms. The Balaban J connectivity index is 1.69. The molecule has 0 spiro atoms. The van der Waals surface area contributed by atoms with Crippen molar-refractivity contribution in [1.82, 2.24) is 20.2 Å². The largest absolute Gasteiger partial charge is 0.409 e. The highest BCUT2D eigenvalue weighted by molar-refractivity contribution is 5.80. The lowest BCUT2D eigenvalue weighted by Gasteiger charge is -2.33. The molecule has 134 valence electrons. The van der Waals surface area contributed by atoms with Crippen LogP contribution in [0.25, 0.3) is 0 Å². The Bertz CT molecular complexity index is 747. The number of aromatic nitrogens is 3. The molecule has 1 aliphatic heterocycles. The second kappa shape index (κ2) is 6.71. The Morgan fingerprint density at radius 2 is 2.28 bits per heavy atom. The van der Waals surface area contributed by atoms with E-state index in [-0.39, 0.29) is 18.7 Å². The summed E-state index contributed by atoms with van der Waals surface area (Å²) in [5.74, 6) is -2.22. The van der Waals surface area contributed by atoms with Crippen molar-refractivity contribution in [2.45, 2.75) is 25.2 Å². The third-order valence-corrected chi connectivity index (χ3v) is 4.00. The third kappa shape index (κ3) is 3.73. The number of halogens is 3. The first kappa shape index (κ1) is 17.2. The number of fused-ring (bicyclic) bond motifs is 1. The van der Waals surface area contributed by atoms with Crippen LogP contribution in [0.15, 0.2) is 30.6 Å². The van der Waals surface area contributed by atoms with E-state index in [1.54, 1.807) is 31.4 Å². The zero-order chi connectivity index (χ0) is 18.0. The molecular formula is C15H16F3N5O2. The smallest absolute Gasteiger partial charge is 0.371 e. The molecule has 3 rings (SSSR count). The normalized spacial score (nSPS) is 19.8. The first-order valence-electron chi connectivity index (χ1n) is 7.52. The average molecular weight is 355 g/mol. The predicted molar refractivity (Wildman–Crippen MR) is 81.0 cm³/mol. The molecule has 0 radical (unpaired) electrons. The molecule has 1 aliphatic rings. The molecule has 2 N–H and O–H groups in total. The van der Waals surface area contributed by atoms with Crippen LogP contribution in [0.5, 0.6) is 0 Å². The van der Waals surface area contributed by atoms with Crippen LogP contribution in [0.4, 0.5) is 18.9 Å². The number of carbonyl (C=O) groups is 1. The average Bonchev–Trinajstić information content (AvgIpc) is 2.94. The van der Waals surface area contributed by atoms with Crippen molar-refractivity contribution in [2.24, 2.45) is 13.0 Å².